The Kier molecular flexibility index (Phi) is 4.88. The highest BCUT2D eigenvalue weighted by Gasteiger charge is 2.21. The number of fused-ring (bicyclic) bond motifs is 1. The molecule has 3 N–H and O–H groups in total. The van der Waals surface area contributed by atoms with Gasteiger partial charge in [-0.1, -0.05) is 50.2 Å². The van der Waals surface area contributed by atoms with Crippen LogP contribution >= 0.6 is 12.2 Å². The molecule has 1 aromatic heterocycles. The predicted molar refractivity (Wildman–Crippen MR) is 118 cm³/mol. The third-order valence-corrected chi connectivity index (χ3v) is 5.41. The second-order valence-electron chi connectivity index (χ2n) is 7.69. The Morgan fingerprint density at radius 2 is 1.79 bits per heavy atom. The first-order valence-electron chi connectivity index (χ1n) is 9.58. The maximum atomic E-state index is 10.8. The summed E-state index contributed by atoms with van der Waals surface area (Å²) in [4.78, 5) is 0. The average molecular weight is 406 g/mol. The van der Waals surface area contributed by atoms with Crippen LogP contribution in [0.4, 0.5) is 0 Å². The van der Waals surface area contributed by atoms with Gasteiger partial charge in [0, 0.05) is 10.9 Å². The third-order valence-electron chi connectivity index (χ3n) is 5.14. The van der Waals surface area contributed by atoms with Gasteiger partial charge in [-0.25, -0.2) is 0 Å². The quantitative estimate of drug-likeness (QED) is 0.383. The van der Waals surface area contributed by atoms with Crippen LogP contribution in [-0.4, -0.2) is 25.0 Å². The van der Waals surface area contributed by atoms with Crippen LogP contribution in [0.15, 0.2) is 48.5 Å². The lowest BCUT2D eigenvalue weighted by atomic mass is 9.96. The number of phenolic OH excluding ortho intramolecular Hbond substituents is 2. The third kappa shape index (κ3) is 3.29. The molecule has 0 aliphatic carbocycles. The highest BCUT2D eigenvalue weighted by atomic mass is 32.1. The summed E-state index contributed by atoms with van der Waals surface area (Å²) in [7, 11) is 0. The molecular formula is C23H23N3O2S. The molecule has 0 saturated carbocycles. The van der Waals surface area contributed by atoms with Crippen LogP contribution in [0, 0.1) is 17.6 Å². The number of benzene rings is 3. The molecule has 0 atom stereocenters. The number of aromatic amines is 1. The largest absolute Gasteiger partial charge is 0.507 e. The Morgan fingerprint density at radius 3 is 2.55 bits per heavy atom. The van der Waals surface area contributed by atoms with Crippen molar-refractivity contribution in [3.63, 3.8) is 0 Å². The van der Waals surface area contributed by atoms with Crippen molar-refractivity contribution < 1.29 is 10.2 Å². The second kappa shape index (κ2) is 7.37. The van der Waals surface area contributed by atoms with E-state index in [0.717, 1.165) is 22.0 Å². The van der Waals surface area contributed by atoms with Crippen molar-refractivity contribution in [2.45, 2.75) is 27.2 Å². The minimum atomic E-state index is 0.00509. The number of aromatic nitrogens is 3. The molecule has 1 heterocycles. The molecule has 4 aromatic rings. The van der Waals surface area contributed by atoms with Crippen molar-refractivity contribution in [2.75, 3.05) is 0 Å². The van der Waals surface area contributed by atoms with E-state index >= 15 is 0 Å². The lowest BCUT2D eigenvalue weighted by molar-refractivity contribution is 0.436. The average Bonchev–Trinajstić information content (AvgIpc) is 3.08. The molecule has 148 valence electrons. The Hall–Kier alpha value is -3.12. The first kappa shape index (κ1) is 19.2. The predicted octanol–water partition coefficient (Wildman–Crippen LogP) is 5.67. The van der Waals surface area contributed by atoms with Crippen molar-refractivity contribution in [2.24, 2.45) is 5.92 Å². The topological polar surface area (TPSA) is 74.1 Å². The highest BCUT2D eigenvalue weighted by Crippen LogP contribution is 2.40. The standard InChI is InChI=1S/C23H23N3O2S/c1-13(2)11-16-12-18(21(28)14(3)20(16)27)22-24-25-23(29)26(22)19-10-6-8-15-7-4-5-9-17(15)19/h4-10,12-13,27-28H,11H2,1-3H3,(H,25,29). The van der Waals surface area contributed by atoms with E-state index in [1.807, 2.05) is 53.1 Å². The number of H-pyrrole nitrogens is 1. The zero-order chi connectivity index (χ0) is 20.7. The number of nitrogens with one attached hydrogen (secondary N) is 1. The number of hydrogen-bond acceptors (Lipinski definition) is 4. The Bertz CT molecular complexity index is 1270. The van der Waals surface area contributed by atoms with Gasteiger partial charge in [0.2, 0.25) is 0 Å². The minimum Gasteiger partial charge on any atom is -0.507 e. The number of phenols is 2. The fraction of sp³-hybridized carbons (Fsp3) is 0.217. The van der Waals surface area contributed by atoms with Gasteiger partial charge in [-0.15, -0.1) is 0 Å². The van der Waals surface area contributed by atoms with Crippen molar-refractivity contribution in [3.8, 4) is 28.6 Å². The summed E-state index contributed by atoms with van der Waals surface area (Å²) in [5.41, 5.74) is 2.64. The number of aromatic hydroxyl groups is 2. The van der Waals surface area contributed by atoms with Gasteiger partial charge in [0.15, 0.2) is 10.6 Å². The van der Waals surface area contributed by atoms with Gasteiger partial charge >= 0.3 is 0 Å². The molecule has 0 saturated heterocycles. The zero-order valence-corrected chi connectivity index (χ0v) is 17.4. The van der Waals surface area contributed by atoms with E-state index in [2.05, 4.69) is 24.0 Å². The summed E-state index contributed by atoms with van der Waals surface area (Å²) in [5.74, 6) is 1.00. The van der Waals surface area contributed by atoms with Gasteiger partial charge in [-0.3, -0.25) is 9.67 Å². The summed E-state index contributed by atoms with van der Waals surface area (Å²) < 4.78 is 2.27. The maximum absolute atomic E-state index is 10.8. The van der Waals surface area contributed by atoms with Gasteiger partial charge in [-0.05, 0) is 54.6 Å². The maximum Gasteiger partial charge on any atom is 0.200 e. The van der Waals surface area contributed by atoms with E-state index in [1.54, 1.807) is 6.92 Å². The first-order chi connectivity index (χ1) is 13.9. The molecule has 29 heavy (non-hydrogen) atoms. The Labute approximate surface area is 174 Å². The summed E-state index contributed by atoms with van der Waals surface area (Å²) in [5, 5.41) is 30.7. The summed E-state index contributed by atoms with van der Waals surface area (Å²) in [6, 6.07) is 15.9. The van der Waals surface area contributed by atoms with Crippen molar-refractivity contribution in [3.05, 3.63) is 64.4 Å². The fourth-order valence-electron chi connectivity index (χ4n) is 3.74. The van der Waals surface area contributed by atoms with E-state index in [1.165, 1.54) is 0 Å². The molecule has 0 spiro atoms. The van der Waals surface area contributed by atoms with E-state index in [9.17, 15) is 10.2 Å². The van der Waals surface area contributed by atoms with Gasteiger partial charge in [0.25, 0.3) is 0 Å². The molecule has 4 rings (SSSR count). The molecule has 0 radical (unpaired) electrons. The molecule has 0 bridgehead atoms. The van der Waals surface area contributed by atoms with Crippen LogP contribution in [0.5, 0.6) is 11.5 Å². The normalized spacial score (nSPS) is 11.4. The van der Waals surface area contributed by atoms with E-state index in [-0.39, 0.29) is 11.5 Å². The first-order valence-corrected chi connectivity index (χ1v) is 9.99. The fourth-order valence-corrected chi connectivity index (χ4v) is 3.97. The van der Waals surface area contributed by atoms with Crippen LogP contribution in [0.25, 0.3) is 27.8 Å². The van der Waals surface area contributed by atoms with Crippen LogP contribution in [0.2, 0.25) is 0 Å². The molecule has 6 heteroatoms. The molecule has 5 nitrogen and oxygen atoms in total. The van der Waals surface area contributed by atoms with Crippen LogP contribution < -0.4 is 0 Å². The van der Waals surface area contributed by atoms with Gasteiger partial charge in [0.05, 0.1) is 11.3 Å². The Morgan fingerprint density at radius 1 is 1.07 bits per heavy atom. The van der Waals surface area contributed by atoms with Crippen LogP contribution in [0.3, 0.4) is 0 Å². The molecule has 0 fully saturated rings. The number of nitrogens with zero attached hydrogens (tertiary/aromatic N) is 2. The lowest BCUT2D eigenvalue weighted by Crippen LogP contribution is -2.02. The summed E-state index contributed by atoms with van der Waals surface area (Å²) >= 11 is 5.54. The monoisotopic (exact) mass is 405 g/mol. The van der Waals surface area contributed by atoms with Gasteiger partial charge in [0.1, 0.15) is 11.5 Å². The SMILES string of the molecule is Cc1c(O)c(CC(C)C)cc(-c2n[nH]c(=S)n2-c2cccc3ccccc23)c1O. The highest BCUT2D eigenvalue weighted by molar-refractivity contribution is 7.71. The van der Waals surface area contributed by atoms with E-state index < -0.39 is 0 Å². The molecule has 0 aliphatic rings. The Balaban J connectivity index is 2.00. The number of hydrogen-bond donors (Lipinski definition) is 3. The molecule has 3 aromatic carbocycles. The van der Waals surface area contributed by atoms with Gasteiger partial charge in [-0.2, -0.15) is 5.10 Å². The second-order valence-corrected chi connectivity index (χ2v) is 8.08. The molecule has 0 unspecified atom stereocenters. The van der Waals surface area contributed by atoms with Crippen molar-refractivity contribution in [1.82, 2.24) is 14.8 Å². The smallest absolute Gasteiger partial charge is 0.200 e. The van der Waals surface area contributed by atoms with Crippen LogP contribution in [0.1, 0.15) is 25.0 Å². The molecule has 0 aliphatic heterocycles. The van der Waals surface area contributed by atoms with Crippen LogP contribution in [-0.2, 0) is 6.42 Å². The van der Waals surface area contributed by atoms with Gasteiger partial charge < -0.3 is 10.2 Å². The minimum absolute atomic E-state index is 0.00509. The summed E-state index contributed by atoms with van der Waals surface area (Å²) in [6.45, 7) is 5.89. The van der Waals surface area contributed by atoms with E-state index in [0.29, 0.717) is 34.1 Å². The number of rotatable bonds is 4. The molecule has 0 amide bonds. The van der Waals surface area contributed by atoms with E-state index in [4.69, 9.17) is 12.2 Å². The van der Waals surface area contributed by atoms with Crippen molar-refractivity contribution in [1.29, 1.82) is 0 Å². The van der Waals surface area contributed by atoms with Crippen molar-refractivity contribution >= 4 is 23.0 Å². The zero-order valence-electron chi connectivity index (χ0n) is 16.6. The molecular weight excluding hydrogens is 382 g/mol. The summed E-state index contributed by atoms with van der Waals surface area (Å²) in [6.07, 6.45) is 0.694. The lowest BCUT2D eigenvalue weighted by Gasteiger charge is -2.16.